The molecule has 0 saturated carbocycles. The number of hydrogen-bond acceptors (Lipinski definition) is 4. The first-order valence-electron chi connectivity index (χ1n) is 6.28. The molecule has 96 valence electrons. The summed E-state index contributed by atoms with van der Waals surface area (Å²) in [5, 5.41) is 3.23. The van der Waals surface area contributed by atoms with Gasteiger partial charge >= 0.3 is 0 Å². The summed E-state index contributed by atoms with van der Waals surface area (Å²) >= 11 is 0. The fraction of sp³-hybridized carbons (Fsp3) is 0.692. The molecule has 0 bridgehead atoms. The van der Waals surface area contributed by atoms with E-state index in [-0.39, 0.29) is 0 Å². The van der Waals surface area contributed by atoms with Crippen LogP contribution < -0.4 is 10.2 Å². The van der Waals surface area contributed by atoms with E-state index in [0.717, 1.165) is 24.0 Å². The Hall–Kier alpha value is -1.32. The van der Waals surface area contributed by atoms with Crippen LogP contribution in [0.3, 0.4) is 0 Å². The van der Waals surface area contributed by atoms with Gasteiger partial charge < -0.3 is 10.2 Å². The minimum atomic E-state index is 0.457. The Morgan fingerprint density at radius 1 is 1.29 bits per heavy atom. The predicted octanol–water partition coefficient (Wildman–Crippen LogP) is 2.70. The minimum Gasteiger partial charge on any atom is -0.370 e. The van der Waals surface area contributed by atoms with Crippen molar-refractivity contribution in [2.75, 3.05) is 23.8 Å². The van der Waals surface area contributed by atoms with Crippen molar-refractivity contribution in [3.63, 3.8) is 0 Å². The third-order valence-electron chi connectivity index (χ3n) is 3.12. The average molecular weight is 236 g/mol. The molecular formula is C13H24N4. The summed E-state index contributed by atoms with van der Waals surface area (Å²) in [6, 6.07) is 2.47. The van der Waals surface area contributed by atoms with Crippen LogP contribution in [0.25, 0.3) is 0 Å². The SMILES string of the molecule is CCNc1cc(N(C)C(C)C(C)C)nc(C)n1. The third-order valence-corrected chi connectivity index (χ3v) is 3.12. The average Bonchev–Trinajstić information content (AvgIpc) is 2.26. The fourth-order valence-corrected chi connectivity index (χ4v) is 1.66. The van der Waals surface area contributed by atoms with E-state index in [1.54, 1.807) is 0 Å². The predicted molar refractivity (Wildman–Crippen MR) is 73.6 cm³/mol. The van der Waals surface area contributed by atoms with Gasteiger partial charge in [-0.15, -0.1) is 0 Å². The Kier molecular flexibility index (Phi) is 4.73. The summed E-state index contributed by atoms with van der Waals surface area (Å²) in [5.74, 6) is 3.28. The van der Waals surface area contributed by atoms with Gasteiger partial charge in [-0.1, -0.05) is 13.8 Å². The molecular weight excluding hydrogens is 212 g/mol. The standard InChI is InChI=1S/C13H24N4/c1-7-14-12-8-13(16-11(5)15-12)17(6)10(4)9(2)3/h8-10H,7H2,1-6H3,(H,14,15,16). The molecule has 4 heteroatoms. The summed E-state index contributed by atoms with van der Waals surface area (Å²) in [7, 11) is 2.09. The highest BCUT2D eigenvalue weighted by atomic mass is 15.2. The molecule has 4 nitrogen and oxygen atoms in total. The van der Waals surface area contributed by atoms with Gasteiger partial charge in [0.1, 0.15) is 17.5 Å². The van der Waals surface area contributed by atoms with E-state index in [2.05, 4.69) is 54.9 Å². The van der Waals surface area contributed by atoms with E-state index >= 15 is 0 Å². The van der Waals surface area contributed by atoms with Gasteiger partial charge in [0.05, 0.1) is 0 Å². The van der Waals surface area contributed by atoms with Crippen LogP contribution in [0.4, 0.5) is 11.6 Å². The first kappa shape index (κ1) is 13.7. The number of nitrogens with zero attached hydrogens (tertiary/aromatic N) is 3. The number of nitrogens with one attached hydrogen (secondary N) is 1. The van der Waals surface area contributed by atoms with Crippen molar-refractivity contribution in [1.82, 2.24) is 9.97 Å². The lowest BCUT2D eigenvalue weighted by atomic mass is 10.1. The molecule has 1 rings (SSSR count). The quantitative estimate of drug-likeness (QED) is 0.853. The van der Waals surface area contributed by atoms with Gasteiger partial charge in [0.25, 0.3) is 0 Å². The molecule has 0 aliphatic heterocycles. The second kappa shape index (κ2) is 5.84. The molecule has 1 aromatic rings. The van der Waals surface area contributed by atoms with Crippen molar-refractivity contribution in [3.05, 3.63) is 11.9 Å². The van der Waals surface area contributed by atoms with E-state index in [1.807, 2.05) is 13.0 Å². The lowest BCUT2D eigenvalue weighted by Crippen LogP contribution is -2.34. The zero-order valence-electron chi connectivity index (χ0n) is 11.8. The molecule has 0 saturated heterocycles. The zero-order chi connectivity index (χ0) is 13.0. The highest BCUT2D eigenvalue weighted by molar-refractivity contribution is 5.49. The van der Waals surface area contributed by atoms with E-state index < -0.39 is 0 Å². The lowest BCUT2D eigenvalue weighted by Gasteiger charge is -2.29. The molecule has 17 heavy (non-hydrogen) atoms. The first-order chi connectivity index (χ1) is 7.95. The van der Waals surface area contributed by atoms with Gasteiger partial charge in [-0.25, -0.2) is 9.97 Å². The maximum atomic E-state index is 4.49. The highest BCUT2D eigenvalue weighted by Crippen LogP contribution is 2.19. The van der Waals surface area contributed by atoms with Gasteiger partial charge in [-0.05, 0) is 26.7 Å². The van der Waals surface area contributed by atoms with Crippen molar-refractivity contribution < 1.29 is 0 Å². The van der Waals surface area contributed by atoms with E-state index in [1.165, 1.54) is 0 Å². The molecule has 0 amide bonds. The molecule has 0 spiro atoms. The maximum absolute atomic E-state index is 4.49. The number of aromatic nitrogens is 2. The van der Waals surface area contributed by atoms with Gasteiger partial charge in [0.2, 0.25) is 0 Å². The van der Waals surface area contributed by atoms with Crippen molar-refractivity contribution in [2.24, 2.45) is 5.92 Å². The normalized spacial score (nSPS) is 12.6. The van der Waals surface area contributed by atoms with Crippen LogP contribution in [0.2, 0.25) is 0 Å². The summed E-state index contributed by atoms with van der Waals surface area (Å²) in [6.45, 7) is 11.5. The largest absolute Gasteiger partial charge is 0.370 e. The Morgan fingerprint density at radius 3 is 2.47 bits per heavy atom. The Morgan fingerprint density at radius 2 is 1.94 bits per heavy atom. The Labute approximate surface area is 104 Å². The van der Waals surface area contributed by atoms with Crippen molar-refractivity contribution in [1.29, 1.82) is 0 Å². The Bertz CT molecular complexity index is 362. The molecule has 1 atom stereocenters. The molecule has 1 unspecified atom stereocenters. The maximum Gasteiger partial charge on any atom is 0.134 e. The van der Waals surface area contributed by atoms with Crippen LogP contribution in [0, 0.1) is 12.8 Å². The topological polar surface area (TPSA) is 41.0 Å². The summed E-state index contributed by atoms with van der Waals surface area (Å²) < 4.78 is 0. The lowest BCUT2D eigenvalue weighted by molar-refractivity contribution is 0.502. The van der Waals surface area contributed by atoms with Gasteiger partial charge in [0.15, 0.2) is 0 Å². The van der Waals surface area contributed by atoms with Gasteiger partial charge in [-0.2, -0.15) is 0 Å². The van der Waals surface area contributed by atoms with E-state index in [4.69, 9.17) is 0 Å². The van der Waals surface area contributed by atoms with Gasteiger partial charge in [0, 0.05) is 25.7 Å². The van der Waals surface area contributed by atoms with E-state index in [9.17, 15) is 0 Å². The molecule has 0 aliphatic rings. The highest BCUT2D eigenvalue weighted by Gasteiger charge is 2.15. The van der Waals surface area contributed by atoms with Crippen molar-refractivity contribution in [2.45, 2.75) is 40.7 Å². The van der Waals surface area contributed by atoms with Crippen LogP contribution in [-0.2, 0) is 0 Å². The van der Waals surface area contributed by atoms with Crippen molar-refractivity contribution >= 4 is 11.6 Å². The molecule has 0 aromatic carbocycles. The molecule has 1 aromatic heterocycles. The van der Waals surface area contributed by atoms with Crippen LogP contribution >= 0.6 is 0 Å². The second-order valence-corrected chi connectivity index (χ2v) is 4.78. The van der Waals surface area contributed by atoms with Crippen LogP contribution in [0.5, 0.6) is 0 Å². The van der Waals surface area contributed by atoms with Crippen LogP contribution in [-0.4, -0.2) is 29.6 Å². The number of anilines is 2. The first-order valence-corrected chi connectivity index (χ1v) is 6.28. The summed E-state index contributed by atoms with van der Waals surface area (Å²) in [6.07, 6.45) is 0. The monoisotopic (exact) mass is 236 g/mol. The minimum absolute atomic E-state index is 0.457. The zero-order valence-corrected chi connectivity index (χ0v) is 11.8. The van der Waals surface area contributed by atoms with Crippen LogP contribution in [0.15, 0.2) is 6.07 Å². The van der Waals surface area contributed by atoms with E-state index in [0.29, 0.717) is 12.0 Å². The van der Waals surface area contributed by atoms with Crippen molar-refractivity contribution in [3.8, 4) is 0 Å². The second-order valence-electron chi connectivity index (χ2n) is 4.78. The number of hydrogen-bond donors (Lipinski definition) is 1. The molecule has 0 radical (unpaired) electrons. The molecule has 1 heterocycles. The van der Waals surface area contributed by atoms with Gasteiger partial charge in [-0.3, -0.25) is 0 Å². The van der Waals surface area contributed by atoms with Crippen LogP contribution in [0.1, 0.15) is 33.5 Å². The summed E-state index contributed by atoms with van der Waals surface area (Å²) in [5.41, 5.74) is 0. The molecule has 1 N–H and O–H groups in total. The Balaban J connectivity index is 2.96. The molecule has 0 fully saturated rings. The third kappa shape index (κ3) is 3.58. The smallest absolute Gasteiger partial charge is 0.134 e. The number of aryl methyl sites for hydroxylation is 1. The fourth-order valence-electron chi connectivity index (χ4n) is 1.66. The summed E-state index contributed by atoms with van der Waals surface area (Å²) in [4.78, 5) is 11.1. The number of rotatable bonds is 5. The molecule has 0 aliphatic carbocycles.